The van der Waals surface area contributed by atoms with Crippen molar-refractivity contribution in [2.45, 2.75) is 40.7 Å². The lowest BCUT2D eigenvalue weighted by molar-refractivity contribution is -0.116. The van der Waals surface area contributed by atoms with Crippen LogP contribution >= 0.6 is 0 Å². The lowest BCUT2D eigenvalue weighted by Crippen LogP contribution is -2.35. The molecule has 1 rings (SSSR count). The molecule has 0 bridgehead atoms. The molecule has 0 radical (unpaired) electrons. The standard InChI is InChI=1S/C13H19NO/c1-9(2)14(12(5)15)13-7-10(3)6-11(4)8-13/h6-9H,1-5H3. The molecular formula is C13H19NO. The van der Waals surface area contributed by atoms with E-state index in [-0.39, 0.29) is 11.9 Å². The fourth-order valence-electron chi connectivity index (χ4n) is 1.93. The van der Waals surface area contributed by atoms with Gasteiger partial charge in [0, 0.05) is 18.7 Å². The number of benzene rings is 1. The van der Waals surface area contributed by atoms with Crippen LogP contribution in [0.4, 0.5) is 5.69 Å². The lowest BCUT2D eigenvalue weighted by atomic mass is 10.1. The Kier molecular flexibility index (Phi) is 3.51. The van der Waals surface area contributed by atoms with Gasteiger partial charge >= 0.3 is 0 Å². The maximum Gasteiger partial charge on any atom is 0.224 e. The largest absolute Gasteiger partial charge is 0.310 e. The highest BCUT2D eigenvalue weighted by atomic mass is 16.2. The van der Waals surface area contributed by atoms with Crippen LogP contribution in [0.5, 0.6) is 0 Å². The third-order valence-electron chi connectivity index (χ3n) is 2.34. The first-order valence-corrected chi connectivity index (χ1v) is 5.30. The van der Waals surface area contributed by atoms with Crippen LogP contribution in [0.3, 0.4) is 0 Å². The molecule has 1 amide bonds. The van der Waals surface area contributed by atoms with Crippen molar-refractivity contribution in [2.75, 3.05) is 4.90 Å². The zero-order valence-corrected chi connectivity index (χ0v) is 10.2. The van der Waals surface area contributed by atoms with Gasteiger partial charge in [-0.25, -0.2) is 0 Å². The van der Waals surface area contributed by atoms with Crippen LogP contribution in [0.1, 0.15) is 31.9 Å². The maximum absolute atomic E-state index is 11.5. The second-order valence-corrected chi connectivity index (χ2v) is 4.33. The van der Waals surface area contributed by atoms with Crippen LogP contribution in [0, 0.1) is 13.8 Å². The third-order valence-corrected chi connectivity index (χ3v) is 2.34. The summed E-state index contributed by atoms with van der Waals surface area (Å²) in [5.41, 5.74) is 3.38. The Morgan fingerprint density at radius 1 is 1.13 bits per heavy atom. The minimum absolute atomic E-state index is 0.0926. The topological polar surface area (TPSA) is 20.3 Å². The average Bonchev–Trinajstić information content (AvgIpc) is 1.99. The summed E-state index contributed by atoms with van der Waals surface area (Å²) in [5.74, 6) is 0.0926. The number of hydrogen-bond acceptors (Lipinski definition) is 1. The van der Waals surface area contributed by atoms with Crippen molar-refractivity contribution >= 4 is 11.6 Å². The van der Waals surface area contributed by atoms with Gasteiger partial charge in [0.2, 0.25) is 5.91 Å². The Morgan fingerprint density at radius 3 is 1.93 bits per heavy atom. The van der Waals surface area contributed by atoms with Gasteiger partial charge in [0.05, 0.1) is 0 Å². The molecule has 0 N–H and O–H groups in total. The zero-order valence-electron chi connectivity index (χ0n) is 10.2. The highest BCUT2D eigenvalue weighted by Crippen LogP contribution is 2.20. The molecule has 1 aromatic rings. The summed E-state index contributed by atoms with van der Waals surface area (Å²) in [4.78, 5) is 13.4. The van der Waals surface area contributed by atoms with Gasteiger partial charge < -0.3 is 4.90 Å². The van der Waals surface area contributed by atoms with Crippen molar-refractivity contribution in [3.05, 3.63) is 29.3 Å². The zero-order chi connectivity index (χ0) is 11.6. The minimum Gasteiger partial charge on any atom is -0.310 e. The van der Waals surface area contributed by atoms with Crippen LogP contribution in [0.2, 0.25) is 0 Å². The van der Waals surface area contributed by atoms with Gasteiger partial charge in [-0.15, -0.1) is 0 Å². The number of anilines is 1. The number of carbonyl (C=O) groups is 1. The molecule has 0 saturated heterocycles. The molecule has 0 aliphatic rings. The van der Waals surface area contributed by atoms with Crippen molar-refractivity contribution in [3.8, 4) is 0 Å². The molecule has 0 saturated carbocycles. The summed E-state index contributed by atoms with van der Waals surface area (Å²) in [6, 6.07) is 6.41. The van der Waals surface area contributed by atoms with Gasteiger partial charge in [0.15, 0.2) is 0 Å². The molecule has 0 fully saturated rings. The van der Waals surface area contributed by atoms with E-state index in [0.29, 0.717) is 0 Å². The molecule has 0 aromatic heterocycles. The van der Waals surface area contributed by atoms with Gasteiger partial charge in [0.25, 0.3) is 0 Å². The van der Waals surface area contributed by atoms with E-state index in [4.69, 9.17) is 0 Å². The highest BCUT2D eigenvalue weighted by molar-refractivity contribution is 5.92. The summed E-state index contributed by atoms with van der Waals surface area (Å²) in [6.45, 7) is 9.76. The molecule has 0 heterocycles. The summed E-state index contributed by atoms with van der Waals surface area (Å²) in [7, 11) is 0. The first-order valence-electron chi connectivity index (χ1n) is 5.30. The predicted molar refractivity (Wildman–Crippen MR) is 64.2 cm³/mol. The van der Waals surface area contributed by atoms with Crippen molar-refractivity contribution in [1.82, 2.24) is 0 Å². The molecule has 1 aromatic carbocycles. The average molecular weight is 205 g/mol. The van der Waals surface area contributed by atoms with Crippen LogP contribution < -0.4 is 4.90 Å². The summed E-state index contributed by atoms with van der Waals surface area (Å²) < 4.78 is 0. The van der Waals surface area contributed by atoms with Crippen LogP contribution in [0.15, 0.2) is 18.2 Å². The number of carbonyl (C=O) groups excluding carboxylic acids is 1. The Hall–Kier alpha value is -1.31. The number of rotatable bonds is 2. The van der Waals surface area contributed by atoms with Crippen molar-refractivity contribution in [3.63, 3.8) is 0 Å². The second kappa shape index (κ2) is 4.47. The fraction of sp³-hybridized carbons (Fsp3) is 0.462. The van der Waals surface area contributed by atoms with Gasteiger partial charge in [-0.05, 0) is 51.0 Å². The number of aryl methyl sites for hydroxylation is 2. The minimum atomic E-state index is 0.0926. The highest BCUT2D eigenvalue weighted by Gasteiger charge is 2.15. The normalized spacial score (nSPS) is 10.5. The van der Waals surface area contributed by atoms with E-state index < -0.39 is 0 Å². The Balaban J connectivity index is 3.17. The first-order chi connectivity index (χ1) is 6.91. The Labute approximate surface area is 91.9 Å². The summed E-state index contributed by atoms with van der Waals surface area (Å²) in [6.07, 6.45) is 0. The third kappa shape index (κ3) is 2.82. The molecule has 15 heavy (non-hydrogen) atoms. The number of hydrogen-bond donors (Lipinski definition) is 0. The van der Waals surface area contributed by atoms with E-state index in [9.17, 15) is 4.79 Å². The van der Waals surface area contributed by atoms with Crippen molar-refractivity contribution in [1.29, 1.82) is 0 Å². The van der Waals surface area contributed by atoms with E-state index in [1.165, 1.54) is 11.1 Å². The van der Waals surface area contributed by atoms with E-state index in [1.807, 2.05) is 18.7 Å². The van der Waals surface area contributed by atoms with Crippen molar-refractivity contribution < 1.29 is 4.79 Å². The molecule has 0 unspecified atom stereocenters. The second-order valence-electron chi connectivity index (χ2n) is 4.33. The summed E-state index contributed by atoms with van der Waals surface area (Å²) >= 11 is 0. The van der Waals surface area contributed by atoms with Crippen LogP contribution in [0.25, 0.3) is 0 Å². The molecule has 82 valence electrons. The monoisotopic (exact) mass is 205 g/mol. The fourth-order valence-corrected chi connectivity index (χ4v) is 1.93. The van der Waals surface area contributed by atoms with E-state index >= 15 is 0 Å². The smallest absolute Gasteiger partial charge is 0.224 e. The summed E-state index contributed by atoms with van der Waals surface area (Å²) in [5, 5.41) is 0. The van der Waals surface area contributed by atoms with E-state index in [0.717, 1.165) is 5.69 Å². The first kappa shape index (κ1) is 11.8. The molecule has 2 nitrogen and oxygen atoms in total. The SMILES string of the molecule is CC(=O)N(c1cc(C)cc(C)c1)C(C)C. The molecular weight excluding hydrogens is 186 g/mol. The maximum atomic E-state index is 11.5. The molecule has 0 spiro atoms. The lowest BCUT2D eigenvalue weighted by Gasteiger charge is -2.26. The van der Waals surface area contributed by atoms with Gasteiger partial charge in [0.1, 0.15) is 0 Å². The van der Waals surface area contributed by atoms with Crippen LogP contribution in [-0.4, -0.2) is 11.9 Å². The van der Waals surface area contributed by atoms with E-state index in [1.54, 1.807) is 6.92 Å². The molecule has 0 aliphatic heterocycles. The van der Waals surface area contributed by atoms with Gasteiger partial charge in [-0.3, -0.25) is 4.79 Å². The Bertz CT molecular complexity index is 349. The van der Waals surface area contributed by atoms with Crippen LogP contribution in [-0.2, 0) is 4.79 Å². The van der Waals surface area contributed by atoms with E-state index in [2.05, 4.69) is 32.0 Å². The molecule has 0 atom stereocenters. The molecule has 0 aliphatic carbocycles. The molecule has 2 heteroatoms. The van der Waals surface area contributed by atoms with Crippen molar-refractivity contribution in [2.24, 2.45) is 0 Å². The Morgan fingerprint density at radius 2 is 1.60 bits per heavy atom. The number of amides is 1. The van der Waals surface area contributed by atoms with Gasteiger partial charge in [-0.1, -0.05) is 6.07 Å². The quantitative estimate of drug-likeness (QED) is 0.726. The number of nitrogens with zero attached hydrogens (tertiary/aromatic N) is 1. The predicted octanol–water partition coefficient (Wildman–Crippen LogP) is 3.06. The van der Waals surface area contributed by atoms with Gasteiger partial charge in [-0.2, -0.15) is 0 Å².